The van der Waals surface area contributed by atoms with E-state index in [0.717, 1.165) is 12.8 Å². The topological polar surface area (TPSA) is 49.8 Å². The van der Waals surface area contributed by atoms with E-state index in [4.69, 9.17) is 4.74 Å². The number of aliphatic hydroxyl groups excluding tert-OH is 1. The van der Waals surface area contributed by atoms with Crippen molar-refractivity contribution in [2.45, 2.75) is 51.7 Å². The number of nitrogens with zero attached hydrogens (tertiary/aromatic N) is 1. The number of hydrogen-bond acceptors (Lipinski definition) is 3. The van der Waals surface area contributed by atoms with Crippen LogP contribution >= 0.6 is 0 Å². The van der Waals surface area contributed by atoms with Gasteiger partial charge < -0.3 is 14.7 Å². The molecule has 1 heterocycles. The highest BCUT2D eigenvalue weighted by Gasteiger charge is 2.40. The number of piperidine rings is 1. The van der Waals surface area contributed by atoms with Crippen molar-refractivity contribution in [3.63, 3.8) is 0 Å². The second kappa shape index (κ2) is 4.48. The average molecular weight is 241 g/mol. The molecular weight excluding hydrogens is 218 g/mol. The number of hydrogen-bond donors (Lipinski definition) is 1. The maximum Gasteiger partial charge on any atom is 0.410 e. The number of carbonyl (C=O) groups is 1. The van der Waals surface area contributed by atoms with E-state index in [1.54, 1.807) is 4.90 Å². The minimum atomic E-state index is -0.442. The fraction of sp³-hybridized carbons (Fsp3) is 0.923. The lowest BCUT2D eigenvalue weighted by molar-refractivity contribution is -0.0562. The Morgan fingerprint density at radius 2 is 1.76 bits per heavy atom. The van der Waals surface area contributed by atoms with Crippen LogP contribution in [0.1, 0.15) is 40.0 Å². The molecule has 1 amide bonds. The Bertz CT molecular complexity index is 284. The summed E-state index contributed by atoms with van der Waals surface area (Å²) in [5.74, 6) is 0.491. The van der Waals surface area contributed by atoms with Gasteiger partial charge in [0, 0.05) is 24.9 Å². The standard InChI is InChI=1S/C13H23NO3/c1-13(2,3)17-12(16)14-7-9-5-4-6-10(8-14)11(9)15/h9-11,15H,4-8H2,1-3H3. The lowest BCUT2D eigenvalue weighted by Crippen LogP contribution is -2.54. The van der Waals surface area contributed by atoms with Gasteiger partial charge in [0.1, 0.15) is 5.60 Å². The first-order valence-corrected chi connectivity index (χ1v) is 6.53. The summed E-state index contributed by atoms with van der Waals surface area (Å²) in [7, 11) is 0. The average Bonchev–Trinajstić information content (AvgIpc) is 2.13. The fourth-order valence-corrected chi connectivity index (χ4v) is 2.88. The number of amides is 1. The van der Waals surface area contributed by atoms with Crippen LogP contribution in [0.4, 0.5) is 4.79 Å². The maximum absolute atomic E-state index is 12.0. The zero-order valence-electron chi connectivity index (χ0n) is 11.0. The zero-order valence-corrected chi connectivity index (χ0v) is 11.0. The first-order chi connectivity index (χ1) is 7.87. The van der Waals surface area contributed by atoms with Crippen LogP contribution in [0.3, 0.4) is 0 Å². The summed E-state index contributed by atoms with van der Waals surface area (Å²) >= 11 is 0. The van der Waals surface area contributed by atoms with Crippen LogP contribution in [0.25, 0.3) is 0 Å². The molecular formula is C13H23NO3. The monoisotopic (exact) mass is 241 g/mol. The van der Waals surface area contributed by atoms with E-state index in [0.29, 0.717) is 13.1 Å². The Labute approximate surface area is 103 Å². The Balaban J connectivity index is 1.97. The Kier molecular flexibility index (Phi) is 3.34. The van der Waals surface area contributed by atoms with Gasteiger partial charge in [0.2, 0.25) is 0 Å². The van der Waals surface area contributed by atoms with Crippen LogP contribution in [0, 0.1) is 11.8 Å². The molecule has 2 rings (SSSR count). The Morgan fingerprint density at radius 3 is 2.24 bits per heavy atom. The molecule has 0 aromatic rings. The van der Waals surface area contributed by atoms with Crippen molar-refractivity contribution in [1.29, 1.82) is 0 Å². The highest BCUT2D eigenvalue weighted by atomic mass is 16.6. The van der Waals surface area contributed by atoms with Crippen LogP contribution in [-0.4, -0.2) is 40.9 Å². The van der Waals surface area contributed by atoms with Crippen molar-refractivity contribution in [3.05, 3.63) is 0 Å². The minimum absolute atomic E-state index is 0.220. The number of fused-ring (bicyclic) bond motifs is 2. The SMILES string of the molecule is CC(C)(C)OC(=O)N1CC2CCCC(C1)C2O. The molecule has 0 aromatic carbocycles. The van der Waals surface area contributed by atoms with Gasteiger partial charge >= 0.3 is 6.09 Å². The molecule has 0 spiro atoms. The molecule has 2 bridgehead atoms. The quantitative estimate of drug-likeness (QED) is 0.706. The molecule has 2 atom stereocenters. The normalized spacial score (nSPS) is 33.4. The Morgan fingerprint density at radius 1 is 1.24 bits per heavy atom. The van der Waals surface area contributed by atoms with Crippen molar-refractivity contribution < 1.29 is 14.6 Å². The smallest absolute Gasteiger partial charge is 0.410 e. The van der Waals surface area contributed by atoms with Gasteiger partial charge in [0.25, 0.3) is 0 Å². The lowest BCUT2D eigenvalue weighted by Gasteiger charge is -2.44. The van der Waals surface area contributed by atoms with E-state index in [2.05, 4.69) is 0 Å². The molecule has 1 aliphatic heterocycles. The molecule has 0 radical (unpaired) electrons. The first-order valence-electron chi connectivity index (χ1n) is 6.53. The van der Waals surface area contributed by atoms with Crippen LogP contribution in [-0.2, 0) is 4.74 Å². The first kappa shape index (κ1) is 12.7. The third kappa shape index (κ3) is 2.92. The van der Waals surface area contributed by atoms with E-state index in [1.165, 1.54) is 6.42 Å². The zero-order chi connectivity index (χ0) is 12.6. The third-order valence-electron chi connectivity index (χ3n) is 3.68. The van der Waals surface area contributed by atoms with E-state index >= 15 is 0 Å². The van der Waals surface area contributed by atoms with Crippen molar-refractivity contribution in [2.75, 3.05) is 13.1 Å². The van der Waals surface area contributed by atoms with E-state index in [9.17, 15) is 9.90 Å². The predicted molar refractivity (Wildman–Crippen MR) is 64.6 cm³/mol. The van der Waals surface area contributed by atoms with Crippen molar-refractivity contribution in [1.82, 2.24) is 4.90 Å². The molecule has 1 saturated heterocycles. The molecule has 1 aliphatic carbocycles. The van der Waals surface area contributed by atoms with Gasteiger partial charge in [0.15, 0.2) is 0 Å². The number of rotatable bonds is 0. The highest BCUT2D eigenvalue weighted by Crippen LogP contribution is 2.35. The fourth-order valence-electron chi connectivity index (χ4n) is 2.88. The number of likely N-dealkylation sites (tertiary alicyclic amines) is 1. The molecule has 98 valence electrons. The van der Waals surface area contributed by atoms with Gasteiger partial charge in [-0.15, -0.1) is 0 Å². The summed E-state index contributed by atoms with van der Waals surface area (Å²) in [6, 6.07) is 0. The van der Waals surface area contributed by atoms with Gasteiger partial charge in [0.05, 0.1) is 6.10 Å². The summed E-state index contributed by atoms with van der Waals surface area (Å²) in [5.41, 5.74) is -0.442. The van der Waals surface area contributed by atoms with Crippen molar-refractivity contribution in [2.24, 2.45) is 11.8 Å². The number of ether oxygens (including phenoxy) is 1. The van der Waals surface area contributed by atoms with Crippen LogP contribution < -0.4 is 0 Å². The largest absolute Gasteiger partial charge is 0.444 e. The molecule has 4 heteroatoms. The summed E-state index contributed by atoms with van der Waals surface area (Å²) in [5, 5.41) is 10.0. The molecule has 2 aliphatic rings. The van der Waals surface area contributed by atoms with E-state index in [-0.39, 0.29) is 24.0 Å². The van der Waals surface area contributed by atoms with Gasteiger partial charge in [-0.3, -0.25) is 0 Å². The molecule has 2 unspecified atom stereocenters. The maximum atomic E-state index is 12.0. The number of aliphatic hydroxyl groups is 1. The summed E-state index contributed by atoms with van der Waals surface area (Å²) in [6.07, 6.45) is 2.77. The molecule has 1 N–H and O–H groups in total. The molecule has 2 fully saturated rings. The van der Waals surface area contributed by atoms with Crippen LogP contribution in [0.15, 0.2) is 0 Å². The second-order valence-corrected chi connectivity index (χ2v) is 6.33. The number of carbonyl (C=O) groups excluding carboxylic acids is 1. The van der Waals surface area contributed by atoms with Gasteiger partial charge in [-0.1, -0.05) is 6.42 Å². The summed E-state index contributed by atoms with van der Waals surface area (Å²) < 4.78 is 5.38. The van der Waals surface area contributed by atoms with E-state index < -0.39 is 5.60 Å². The van der Waals surface area contributed by atoms with Crippen molar-refractivity contribution in [3.8, 4) is 0 Å². The third-order valence-corrected chi connectivity index (χ3v) is 3.68. The van der Waals surface area contributed by atoms with Crippen LogP contribution in [0.2, 0.25) is 0 Å². The van der Waals surface area contributed by atoms with Crippen LogP contribution in [0.5, 0.6) is 0 Å². The molecule has 1 saturated carbocycles. The van der Waals surface area contributed by atoms with Crippen molar-refractivity contribution >= 4 is 6.09 Å². The second-order valence-electron chi connectivity index (χ2n) is 6.33. The molecule has 17 heavy (non-hydrogen) atoms. The molecule has 4 nitrogen and oxygen atoms in total. The van der Waals surface area contributed by atoms with Gasteiger partial charge in [-0.2, -0.15) is 0 Å². The molecule has 0 aromatic heterocycles. The predicted octanol–water partition coefficient (Wildman–Crippen LogP) is 2.01. The minimum Gasteiger partial charge on any atom is -0.444 e. The highest BCUT2D eigenvalue weighted by molar-refractivity contribution is 5.68. The summed E-state index contributed by atoms with van der Waals surface area (Å²) in [4.78, 5) is 13.7. The lowest BCUT2D eigenvalue weighted by atomic mass is 9.75. The van der Waals surface area contributed by atoms with Gasteiger partial charge in [-0.25, -0.2) is 4.79 Å². The summed E-state index contributed by atoms with van der Waals surface area (Å²) in [6.45, 7) is 6.93. The van der Waals surface area contributed by atoms with Gasteiger partial charge in [-0.05, 0) is 33.6 Å². The Hall–Kier alpha value is -0.770. The van der Waals surface area contributed by atoms with E-state index in [1.807, 2.05) is 20.8 Å².